The van der Waals surface area contributed by atoms with E-state index < -0.39 is 0 Å². The van der Waals surface area contributed by atoms with E-state index in [0.29, 0.717) is 5.92 Å². The van der Waals surface area contributed by atoms with Crippen LogP contribution in [0.4, 0.5) is 0 Å². The van der Waals surface area contributed by atoms with Crippen LogP contribution < -0.4 is 5.73 Å². The molecule has 100 valence electrons. The summed E-state index contributed by atoms with van der Waals surface area (Å²) >= 11 is 0. The number of nitrogens with zero attached hydrogens (tertiary/aromatic N) is 2. The van der Waals surface area contributed by atoms with Crippen LogP contribution in [-0.4, -0.2) is 9.97 Å². The van der Waals surface area contributed by atoms with Crippen LogP contribution in [0.3, 0.4) is 0 Å². The third-order valence-corrected chi connectivity index (χ3v) is 4.32. The highest BCUT2D eigenvalue weighted by Gasteiger charge is 2.23. The molecule has 1 fully saturated rings. The predicted octanol–water partition coefficient (Wildman–Crippen LogP) is 3.49. The molecule has 0 aliphatic heterocycles. The van der Waals surface area contributed by atoms with E-state index in [0.717, 1.165) is 23.0 Å². The van der Waals surface area contributed by atoms with Gasteiger partial charge in [0.1, 0.15) is 5.82 Å². The summed E-state index contributed by atoms with van der Waals surface area (Å²) in [4.78, 5) is 9.22. The van der Waals surface area contributed by atoms with Crippen LogP contribution >= 0.6 is 0 Å². The molecule has 1 saturated carbocycles. The highest BCUT2D eigenvalue weighted by atomic mass is 14.9. The summed E-state index contributed by atoms with van der Waals surface area (Å²) in [6.07, 6.45) is 8.40. The minimum Gasteiger partial charge on any atom is -0.324 e. The van der Waals surface area contributed by atoms with Gasteiger partial charge >= 0.3 is 0 Å². The zero-order valence-corrected chi connectivity index (χ0v) is 11.8. The van der Waals surface area contributed by atoms with Gasteiger partial charge < -0.3 is 5.73 Å². The SMILES string of the molecule is CCC1CCC(c2ncc([C@H](C)N)c(C)n2)CC1. The van der Waals surface area contributed by atoms with E-state index in [9.17, 15) is 0 Å². The van der Waals surface area contributed by atoms with E-state index >= 15 is 0 Å². The normalized spacial score (nSPS) is 26.0. The molecule has 0 unspecified atom stereocenters. The van der Waals surface area contributed by atoms with Gasteiger partial charge in [-0.25, -0.2) is 9.97 Å². The predicted molar refractivity (Wildman–Crippen MR) is 74.4 cm³/mol. The molecule has 0 radical (unpaired) electrons. The average molecular weight is 247 g/mol. The van der Waals surface area contributed by atoms with Crippen LogP contribution in [0.1, 0.15) is 75.0 Å². The van der Waals surface area contributed by atoms with Crippen molar-refractivity contribution in [3.05, 3.63) is 23.3 Å². The van der Waals surface area contributed by atoms with Gasteiger partial charge in [-0.15, -0.1) is 0 Å². The molecule has 1 aliphatic rings. The number of hydrogen-bond donors (Lipinski definition) is 1. The summed E-state index contributed by atoms with van der Waals surface area (Å²) in [6.45, 7) is 6.32. The topological polar surface area (TPSA) is 51.8 Å². The third-order valence-electron chi connectivity index (χ3n) is 4.32. The van der Waals surface area contributed by atoms with Crippen molar-refractivity contribution in [1.82, 2.24) is 9.97 Å². The van der Waals surface area contributed by atoms with Gasteiger partial charge in [0, 0.05) is 29.4 Å². The van der Waals surface area contributed by atoms with Crippen LogP contribution in [0.15, 0.2) is 6.20 Å². The highest BCUT2D eigenvalue weighted by Crippen LogP contribution is 2.35. The zero-order chi connectivity index (χ0) is 13.1. The maximum atomic E-state index is 5.90. The van der Waals surface area contributed by atoms with Crippen molar-refractivity contribution >= 4 is 0 Å². The number of aryl methyl sites for hydroxylation is 1. The van der Waals surface area contributed by atoms with Crippen molar-refractivity contribution in [3.8, 4) is 0 Å². The molecule has 0 aromatic carbocycles. The van der Waals surface area contributed by atoms with Gasteiger partial charge in [0.25, 0.3) is 0 Å². The van der Waals surface area contributed by atoms with Crippen molar-refractivity contribution < 1.29 is 0 Å². The standard InChI is InChI=1S/C15H25N3/c1-4-12-5-7-13(8-6-12)15-17-9-14(10(2)16)11(3)18-15/h9-10,12-13H,4-8,16H2,1-3H3/t10-,12?,13?/m0/s1. The minimum absolute atomic E-state index is 0.0230. The molecule has 2 rings (SSSR count). The zero-order valence-electron chi connectivity index (χ0n) is 11.8. The summed E-state index contributed by atoms with van der Waals surface area (Å²) < 4.78 is 0. The molecular weight excluding hydrogens is 222 g/mol. The maximum Gasteiger partial charge on any atom is 0.131 e. The second kappa shape index (κ2) is 5.79. The van der Waals surface area contributed by atoms with Crippen molar-refractivity contribution in [2.75, 3.05) is 0 Å². The smallest absolute Gasteiger partial charge is 0.131 e. The summed E-state index contributed by atoms with van der Waals surface area (Å²) in [7, 11) is 0. The molecule has 2 N–H and O–H groups in total. The second-order valence-corrected chi connectivity index (χ2v) is 5.68. The minimum atomic E-state index is 0.0230. The van der Waals surface area contributed by atoms with Crippen molar-refractivity contribution in [2.24, 2.45) is 11.7 Å². The Morgan fingerprint density at radius 1 is 1.33 bits per heavy atom. The van der Waals surface area contributed by atoms with E-state index in [1.807, 2.05) is 20.0 Å². The quantitative estimate of drug-likeness (QED) is 0.889. The molecule has 18 heavy (non-hydrogen) atoms. The Morgan fingerprint density at radius 3 is 2.50 bits per heavy atom. The van der Waals surface area contributed by atoms with Crippen molar-refractivity contribution in [2.45, 2.75) is 64.8 Å². The fourth-order valence-corrected chi connectivity index (χ4v) is 2.97. The first-order valence-electron chi connectivity index (χ1n) is 7.20. The lowest BCUT2D eigenvalue weighted by molar-refractivity contribution is 0.312. The summed E-state index contributed by atoms with van der Waals surface area (Å²) in [5, 5.41) is 0. The Kier molecular flexibility index (Phi) is 4.33. The van der Waals surface area contributed by atoms with E-state index in [1.165, 1.54) is 32.1 Å². The van der Waals surface area contributed by atoms with E-state index in [1.54, 1.807) is 0 Å². The molecule has 3 nitrogen and oxygen atoms in total. The van der Waals surface area contributed by atoms with Crippen LogP contribution in [0.2, 0.25) is 0 Å². The molecule has 1 aromatic heterocycles. The van der Waals surface area contributed by atoms with E-state index in [-0.39, 0.29) is 6.04 Å². The lowest BCUT2D eigenvalue weighted by Gasteiger charge is -2.27. The van der Waals surface area contributed by atoms with Gasteiger partial charge in [-0.3, -0.25) is 0 Å². The Morgan fingerprint density at radius 2 is 2.00 bits per heavy atom. The number of hydrogen-bond acceptors (Lipinski definition) is 3. The Labute approximate surface area is 110 Å². The molecular formula is C15H25N3. The van der Waals surface area contributed by atoms with Crippen molar-refractivity contribution in [3.63, 3.8) is 0 Å². The van der Waals surface area contributed by atoms with Crippen LogP contribution in [0, 0.1) is 12.8 Å². The van der Waals surface area contributed by atoms with Gasteiger partial charge in [-0.05, 0) is 45.4 Å². The monoisotopic (exact) mass is 247 g/mol. The highest BCUT2D eigenvalue weighted by molar-refractivity contribution is 5.20. The maximum absolute atomic E-state index is 5.90. The second-order valence-electron chi connectivity index (χ2n) is 5.68. The summed E-state index contributed by atoms with van der Waals surface area (Å²) in [5.74, 6) is 2.52. The van der Waals surface area contributed by atoms with E-state index in [4.69, 9.17) is 5.73 Å². The molecule has 1 aromatic rings. The summed E-state index contributed by atoms with van der Waals surface area (Å²) in [6, 6.07) is 0.0230. The number of nitrogens with two attached hydrogens (primary N) is 1. The number of aromatic nitrogens is 2. The first kappa shape index (κ1) is 13.5. The van der Waals surface area contributed by atoms with Crippen LogP contribution in [0.25, 0.3) is 0 Å². The first-order chi connectivity index (χ1) is 8.61. The first-order valence-corrected chi connectivity index (χ1v) is 7.20. The lowest BCUT2D eigenvalue weighted by Crippen LogP contribution is -2.16. The Bertz CT molecular complexity index is 393. The van der Waals surface area contributed by atoms with E-state index in [2.05, 4.69) is 16.9 Å². The van der Waals surface area contributed by atoms with Crippen LogP contribution in [-0.2, 0) is 0 Å². The molecule has 0 saturated heterocycles. The Balaban J connectivity index is 2.08. The largest absolute Gasteiger partial charge is 0.324 e. The van der Waals surface area contributed by atoms with Gasteiger partial charge in [0.05, 0.1) is 0 Å². The van der Waals surface area contributed by atoms with Gasteiger partial charge in [-0.2, -0.15) is 0 Å². The van der Waals surface area contributed by atoms with Crippen LogP contribution in [0.5, 0.6) is 0 Å². The van der Waals surface area contributed by atoms with Gasteiger partial charge in [0.2, 0.25) is 0 Å². The lowest BCUT2D eigenvalue weighted by atomic mass is 9.80. The molecule has 1 heterocycles. The van der Waals surface area contributed by atoms with Crippen molar-refractivity contribution in [1.29, 1.82) is 0 Å². The van der Waals surface area contributed by atoms with Gasteiger partial charge in [0.15, 0.2) is 0 Å². The molecule has 3 heteroatoms. The molecule has 1 atom stereocenters. The Hall–Kier alpha value is -0.960. The molecule has 1 aliphatic carbocycles. The molecule has 0 spiro atoms. The van der Waals surface area contributed by atoms with Gasteiger partial charge in [-0.1, -0.05) is 13.3 Å². The fraction of sp³-hybridized carbons (Fsp3) is 0.733. The molecule has 0 amide bonds. The molecule has 0 bridgehead atoms. The number of rotatable bonds is 3. The third kappa shape index (κ3) is 2.89. The fourth-order valence-electron chi connectivity index (χ4n) is 2.97. The summed E-state index contributed by atoms with van der Waals surface area (Å²) in [5.41, 5.74) is 8.02. The average Bonchev–Trinajstić information content (AvgIpc) is 2.38.